The second kappa shape index (κ2) is 8.71. The van der Waals surface area contributed by atoms with E-state index in [1.165, 1.54) is 0 Å². The minimum Gasteiger partial charge on any atom is -0.490 e. The number of rotatable bonds is 6. The molecule has 3 aromatic carbocycles. The predicted octanol–water partition coefficient (Wildman–Crippen LogP) is 5.44. The average molecular weight is 467 g/mol. The Hall–Kier alpha value is -3.06. The molecule has 1 aliphatic heterocycles. The van der Waals surface area contributed by atoms with Crippen LogP contribution in [0.3, 0.4) is 0 Å². The second-order valence-electron chi connectivity index (χ2n) is 9.58. The van der Waals surface area contributed by atoms with Crippen molar-refractivity contribution in [1.82, 2.24) is 0 Å². The smallest absolute Gasteiger partial charge is 0.262 e. The van der Waals surface area contributed by atoms with Crippen molar-refractivity contribution in [3.8, 4) is 5.75 Å². The van der Waals surface area contributed by atoms with Gasteiger partial charge in [-0.15, -0.1) is 0 Å². The first-order chi connectivity index (χ1) is 15.6. The lowest BCUT2D eigenvalue weighted by molar-refractivity contribution is -0.127. The molecule has 4 rings (SSSR count). The van der Waals surface area contributed by atoms with Gasteiger partial charge in [-0.25, -0.2) is 8.42 Å². The molecular formula is C26H30N2O4S. The Morgan fingerprint density at radius 2 is 1.79 bits per heavy atom. The standard InChI is InChI=1S/C26H30N2O4S/c1-18(2)14-15-28-22-16-20(12-13-23(22)32-17-26(3,4)25(28)29)27-33(30,31)24-11-7-9-19-8-5-6-10-21(19)24/h5-13,16,18,27H,14-15,17H2,1-4H3. The van der Waals surface area contributed by atoms with Crippen molar-refractivity contribution >= 4 is 38.1 Å². The summed E-state index contributed by atoms with van der Waals surface area (Å²) in [6.45, 7) is 8.76. The van der Waals surface area contributed by atoms with Crippen molar-refractivity contribution < 1.29 is 17.9 Å². The highest BCUT2D eigenvalue weighted by atomic mass is 32.2. The van der Waals surface area contributed by atoms with Crippen LogP contribution < -0.4 is 14.4 Å². The summed E-state index contributed by atoms with van der Waals surface area (Å²) in [5, 5.41) is 1.50. The van der Waals surface area contributed by atoms with Crippen LogP contribution in [-0.4, -0.2) is 27.5 Å². The van der Waals surface area contributed by atoms with E-state index in [4.69, 9.17) is 4.74 Å². The molecule has 174 valence electrons. The summed E-state index contributed by atoms with van der Waals surface area (Å²) in [4.78, 5) is 15.3. The maximum Gasteiger partial charge on any atom is 0.262 e. The number of carbonyl (C=O) groups is 1. The highest BCUT2D eigenvalue weighted by Crippen LogP contribution is 2.39. The molecule has 6 nitrogen and oxygen atoms in total. The maximum atomic E-state index is 13.3. The van der Waals surface area contributed by atoms with Gasteiger partial charge in [-0.3, -0.25) is 9.52 Å². The van der Waals surface area contributed by atoms with Crippen molar-refractivity contribution in [2.45, 2.75) is 39.0 Å². The van der Waals surface area contributed by atoms with Crippen LogP contribution in [0.4, 0.5) is 11.4 Å². The molecule has 1 amide bonds. The monoisotopic (exact) mass is 466 g/mol. The Kier molecular flexibility index (Phi) is 6.10. The van der Waals surface area contributed by atoms with E-state index in [0.717, 1.165) is 11.8 Å². The van der Waals surface area contributed by atoms with Gasteiger partial charge >= 0.3 is 0 Å². The number of anilines is 2. The van der Waals surface area contributed by atoms with Crippen LogP contribution >= 0.6 is 0 Å². The number of fused-ring (bicyclic) bond motifs is 2. The first kappa shape index (κ1) is 23.1. The lowest BCUT2D eigenvalue weighted by Crippen LogP contribution is -2.42. The largest absolute Gasteiger partial charge is 0.490 e. The zero-order chi connectivity index (χ0) is 23.8. The van der Waals surface area contributed by atoms with E-state index in [2.05, 4.69) is 18.6 Å². The van der Waals surface area contributed by atoms with Gasteiger partial charge < -0.3 is 9.64 Å². The van der Waals surface area contributed by atoms with Crippen LogP contribution in [0.15, 0.2) is 65.6 Å². The zero-order valence-electron chi connectivity index (χ0n) is 19.5. The van der Waals surface area contributed by atoms with E-state index in [0.29, 0.717) is 35.0 Å². The van der Waals surface area contributed by atoms with E-state index in [9.17, 15) is 13.2 Å². The third kappa shape index (κ3) is 4.69. The van der Waals surface area contributed by atoms with Gasteiger partial charge in [-0.1, -0.05) is 50.2 Å². The molecule has 0 fully saturated rings. The fourth-order valence-corrected chi connectivity index (χ4v) is 5.24. The molecule has 0 saturated heterocycles. The fourth-order valence-electron chi connectivity index (χ4n) is 3.96. The summed E-state index contributed by atoms with van der Waals surface area (Å²) in [6.07, 6.45) is 0.827. The van der Waals surface area contributed by atoms with Gasteiger partial charge in [0.05, 0.1) is 21.7 Å². The van der Waals surface area contributed by atoms with E-state index in [1.807, 2.05) is 38.1 Å². The van der Waals surface area contributed by atoms with E-state index < -0.39 is 15.4 Å². The molecule has 0 spiro atoms. The fraction of sp³-hybridized carbons (Fsp3) is 0.346. The molecular weight excluding hydrogens is 436 g/mol. The lowest BCUT2D eigenvalue weighted by atomic mass is 9.92. The summed E-state index contributed by atoms with van der Waals surface area (Å²) in [5.41, 5.74) is 0.287. The number of hydrogen-bond acceptors (Lipinski definition) is 4. The molecule has 0 bridgehead atoms. The van der Waals surface area contributed by atoms with Crippen LogP contribution in [0, 0.1) is 11.3 Å². The predicted molar refractivity (Wildman–Crippen MR) is 132 cm³/mol. The van der Waals surface area contributed by atoms with Crippen LogP contribution in [0.25, 0.3) is 10.8 Å². The van der Waals surface area contributed by atoms with Crippen LogP contribution in [0.1, 0.15) is 34.1 Å². The molecule has 3 aromatic rings. The van der Waals surface area contributed by atoms with Gasteiger partial charge in [0, 0.05) is 11.9 Å². The molecule has 0 unspecified atom stereocenters. The Morgan fingerprint density at radius 3 is 2.55 bits per heavy atom. The molecule has 0 atom stereocenters. The summed E-state index contributed by atoms with van der Waals surface area (Å²) in [6, 6.07) is 17.7. The van der Waals surface area contributed by atoms with Crippen LogP contribution in [0.5, 0.6) is 5.75 Å². The van der Waals surface area contributed by atoms with Crippen molar-refractivity contribution in [3.05, 3.63) is 60.7 Å². The minimum absolute atomic E-state index is 0.0315. The number of amides is 1. The first-order valence-corrected chi connectivity index (χ1v) is 12.7. The minimum atomic E-state index is -3.85. The SMILES string of the molecule is CC(C)CCN1C(=O)C(C)(C)COc2ccc(NS(=O)(=O)c3cccc4ccccc34)cc21. The molecule has 0 saturated carbocycles. The van der Waals surface area contributed by atoms with E-state index in [-0.39, 0.29) is 17.4 Å². The number of carbonyl (C=O) groups excluding carboxylic acids is 1. The third-order valence-corrected chi connectivity index (χ3v) is 7.32. The summed E-state index contributed by atoms with van der Waals surface area (Å²) in [5.74, 6) is 0.961. The number of hydrogen-bond donors (Lipinski definition) is 1. The molecule has 7 heteroatoms. The Labute approximate surface area is 195 Å². The quantitative estimate of drug-likeness (QED) is 0.525. The highest BCUT2D eigenvalue weighted by Gasteiger charge is 2.38. The number of nitrogens with zero attached hydrogens (tertiary/aromatic N) is 1. The van der Waals surface area contributed by atoms with Crippen molar-refractivity contribution in [2.75, 3.05) is 22.8 Å². The van der Waals surface area contributed by atoms with Gasteiger partial charge in [0.25, 0.3) is 10.0 Å². The number of ether oxygens (including phenoxy) is 1. The lowest BCUT2D eigenvalue weighted by Gasteiger charge is -2.28. The topological polar surface area (TPSA) is 75.7 Å². The van der Waals surface area contributed by atoms with Crippen LogP contribution in [-0.2, 0) is 14.8 Å². The van der Waals surface area contributed by atoms with Crippen molar-refractivity contribution in [1.29, 1.82) is 0 Å². The Morgan fingerprint density at radius 1 is 1.06 bits per heavy atom. The normalized spacial score (nSPS) is 15.8. The second-order valence-corrected chi connectivity index (χ2v) is 11.2. The Balaban J connectivity index is 1.72. The van der Waals surface area contributed by atoms with Crippen molar-refractivity contribution in [3.63, 3.8) is 0 Å². The molecule has 0 aromatic heterocycles. The van der Waals surface area contributed by atoms with Gasteiger partial charge in [0.2, 0.25) is 5.91 Å². The summed E-state index contributed by atoms with van der Waals surface area (Å²) < 4.78 is 35.2. The van der Waals surface area contributed by atoms with Gasteiger partial charge in [-0.2, -0.15) is 0 Å². The van der Waals surface area contributed by atoms with Gasteiger partial charge in [0.15, 0.2) is 0 Å². The zero-order valence-corrected chi connectivity index (χ0v) is 20.3. The van der Waals surface area contributed by atoms with Gasteiger partial charge in [0.1, 0.15) is 12.4 Å². The van der Waals surface area contributed by atoms with Gasteiger partial charge in [-0.05, 0) is 55.8 Å². The number of sulfonamides is 1. The van der Waals surface area contributed by atoms with E-state index in [1.54, 1.807) is 41.3 Å². The molecule has 1 aliphatic rings. The molecule has 33 heavy (non-hydrogen) atoms. The van der Waals surface area contributed by atoms with Crippen molar-refractivity contribution in [2.24, 2.45) is 11.3 Å². The number of benzene rings is 3. The highest BCUT2D eigenvalue weighted by molar-refractivity contribution is 7.93. The summed E-state index contributed by atoms with van der Waals surface area (Å²) in [7, 11) is -3.85. The van der Waals surface area contributed by atoms with Crippen LogP contribution in [0.2, 0.25) is 0 Å². The molecule has 1 heterocycles. The number of nitrogens with one attached hydrogen (secondary N) is 1. The Bertz CT molecular complexity index is 1290. The third-order valence-electron chi connectivity index (χ3n) is 5.88. The molecule has 0 radical (unpaired) electrons. The molecule has 1 N–H and O–H groups in total. The van der Waals surface area contributed by atoms with E-state index >= 15 is 0 Å². The summed E-state index contributed by atoms with van der Waals surface area (Å²) >= 11 is 0. The molecule has 0 aliphatic carbocycles. The maximum absolute atomic E-state index is 13.3. The average Bonchev–Trinajstić information content (AvgIpc) is 2.86. The first-order valence-electron chi connectivity index (χ1n) is 11.2.